The first-order valence-electron chi connectivity index (χ1n) is 9.35. The lowest BCUT2D eigenvalue weighted by atomic mass is 9.96. The van der Waals surface area contributed by atoms with Crippen molar-refractivity contribution in [1.82, 2.24) is 19.7 Å². The van der Waals surface area contributed by atoms with E-state index in [-0.39, 0.29) is 6.04 Å². The third-order valence-corrected chi connectivity index (χ3v) is 5.20. The highest BCUT2D eigenvalue weighted by Gasteiger charge is 2.28. The topological polar surface area (TPSA) is 93.4 Å². The second kappa shape index (κ2) is 8.13. The molecule has 0 bridgehead atoms. The third-order valence-electron chi connectivity index (χ3n) is 5.20. The fourth-order valence-electron chi connectivity index (χ4n) is 3.80. The highest BCUT2D eigenvalue weighted by Crippen LogP contribution is 2.37. The fourth-order valence-corrected chi connectivity index (χ4v) is 3.80. The molecule has 0 aromatic carbocycles. The van der Waals surface area contributed by atoms with Crippen LogP contribution in [0.25, 0.3) is 17.3 Å². The number of nitrogen functional groups attached to an aromatic ring is 1. The molecule has 6 nitrogen and oxygen atoms in total. The van der Waals surface area contributed by atoms with Gasteiger partial charge in [-0.05, 0) is 32.1 Å². The number of nitriles is 1. The number of aromatic nitrogens is 4. The van der Waals surface area contributed by atoms with Crippen molar-refractivity contribution < 1.29 is 0 Å². The molecule has 0 radical (unpaired) electrons. The average Bonchev–Trinajstić information content (AvgIpc) is 3.28. The van der Waals surface area contributed by atoms with E-state index in [1.54, 1.807) is 6.33 Å². The molecule has 26 heavy (non-hydrogen) atoms. The molecule has 2 N–H and O–H groups in total. The fraction of sp³-hybridized carbons (Fsp3) is 0.500. The third kappa shape index (κ3) is 3.62. The van der Waals surface area contributed by atoms with Crippen molar-refractivity contribution in [2.45, 2.75) is 58.4 Å². The summed E-state index contributed by atoms with van der Waals surface area (Å²) in [6, 6.07) is 2.40. The Morgan fingerprint density at radius 2 is 2.15 bits per heavy atom. The van der Waals surface area contributed by atoms with Crippen molar-refractivity contribution in [3.05, 3.63) is 29.9 Å². The number of nitrogens with zero attached hydrogens (tertiary/aromatic N) is 5. The van der Waals surface area contributed by atoms with Crippen LogP contribution in [-0.2, 0) is 0 Å². The molecule has 1 aliphatic rings. The smallest absolute Gasteiger partial charge is 0.154 e. The van der Waals surface area contributed by atoms with Crippen LogP contribution in [0.15, 0.2) is 18.6 Å². The predicted molar refractivity (Wildman–Crippen MR) is 103 cm³/mol. The van der Waals surface area contributed by atoms with Crippen LogP contribution in [0.5, 0.6) is 0 Å². The Morgan fingerprint density at radius 1 is 1.38 bits per heavy atom. The Hall–Kier alpha value is -2.68. The molecule has 2 aromatic rings. The first kappa shape index (κ1) is 18.1. The summed E-state index contributed by atoms with van der Waals surface area (Å²) in [4.78, 5) is 8.79. The van der Waals surface area contributed by atoms with Crippen molar-refractivity contribution in [3.8, 4) is 17.3 Å². The van der Waals surface area contributed by atoms with Crippen molar-refractivity contribution in [1.29, 1.82) is 5.26 Å². The lowest BCUT2D eigenvalue weighted by Crippen LogP contribution is -2.17. The normalized spacial score (nSPS) is 16.2. The zero-order valence-corrected chi connectivity index (χ0v) is 15.5. The van der Waals surface area contributed by atoms with Gasteiger partial charge in [0.15, 0.2) is 5.82 Å². The summed E-state index contributed by atoms with van der Waals surface area (Å²) >= 11 is 0. The standard InChI is InChI=1S/C20H26N6/c1-3-4-9-16-14(2)23-13-24-19(16)17-12-26(25-20(17)22)18(10-11-21)15-7-5-6-8-15/h4,9,12-13,15,18H,3,5-8,10H2,1-2H3,(H2,22,25)/b9-4-. The molecule has 0 amide bonds. The van der Waals surface area contributed by atoms with E-state index in [4.69, 9.17) is 5.73 Å². The van der Waals surface area contributed by atoms with E-state index in [0.717, 1.165) is 41.8 Å². The lowest BCUT2D eigenvalue weighted by molar-refractivity contribution is 0.315. The molecule has 1 aliphatic carbocycles. The molecule has 1 atom stereocenters. The van der Waals surface area contributed by atoms with E-state index in [2.05, 4.69) is 34.1 Å². The van der Waals surface area contributed by atoms with Crippen LogP contribution in [0.3, 0.4) is 0 Å². The van der Waals surface area contributed by atoms with Crippen LogP contribution < -0.4 is 5.73 Å². The molecule has 1 unspecified atom stereocenters. The summed E-state index contributed by atoms with van der Waals surface area (Å²) < 4.78 is 1.90. The van der Waals surface area contributed by atoms with Crippen molar-refractivity contribution in [3.63, 3.8) is 0 Å². The Kier molecular flexibility index (Phi) is 5.67. The van der Waals surface area contributed by atoms with Gasteiger partial charge >= 0.3 is 0 Å². The molecule has 2 heterocycles. The maximum Gasteiger partial charge on any atom is 0.154 e. The number of nitrogens with two attached hydrogens (primary N) is 1. The minimum absolute atomic E-state index is 0.0797. The average molecular weight is 350 g/mol. The van der Waals surface area contributed by atoms with Gasteiger partial charge in [0.05, 0.1) is 29.8 Å². The van der Waals surface area contributed by atoms with E-state index < -0.39 is 0 Å². The Labute approximate surface area is 154 Å². The van der Waals surface area contributed by atoms with Crippen LogP contribution >= 0.6 is 0 Å². The second-order valence-electron chi connectivity index (χ2n) is 6.91. The predicted octanol–water partition coefficient (Wildman–Crippen LogP) is 4.30. The zero-order chi connectivity index (χ0) is 18.5. The van der Waals surface area contributed by atoms with E-state index in [1.807, 2.05) is 23.9 Å². The summed E-state index contributed by atoms with van der Waals surface area (Å²) in [7, 11) is 0. The molecular weight excluding hydrogens is 324 g/mol. The molecule has 0 spiro atoms. The van der Waals surface area contributed by atoms with Crippen LogP contribution in [0.4, 0.5) is 5.82 Å². The van der Waals surface area contributed by atoms with E-state index in [0.29, 0.717) is 18.2 Å². The van der Waals surface area contributed by atoms with Crippen LogP contribution in [-0.4, -0.2) is 19.7 Å². The summed E-state index contributed by atoms with van der Waals surface area (Å²) in [5.74, 6) is 0.948. The number of allylic oxidation sites excluding steroid dienone is 1. The highest BCUT2D eigenvalue weighted by atomic mass is 15.3. The second-order valence-corrected chi connectivity index (χ2v) is 6.91. The molecule has 1 fully saturated rings. The van der Waals surface area contributed by atoms with Crippen molar-refractivity contribution >= 4 is 11.9 Å². The van der Waals surface area contributed by atoms with Gasteiger partial charge in [-0.25, -0.2) is 9.97 Å². The van der Waals surface area contributed by atoms with Gasteiger partial charge in [0.25, 0.3) is 0 Å². The first-order chi connectivity index (χ1) is 12.7. The molecule has 0 saturated heterocycles. The largest absolute Gasteiger partial charge is 0.382 e. The number of rotatable bonds is 6. The number of hydrogen-bond donors (Lipinski definition) is 1. The van der Waals surface area contributed by atoms with Gasteiger partial charge in [-0.2, -0.15) is 10.4 Å². The quantitative estimate of drug-likeness (QED) is 0.838. The molecule has 1 saturated carbocycles. The van der Waals surface area contributed by atoms with Gasteiger partial charge in [0.1, 0.15) is 6.33 Å². The summed E-state index contributed by atoms with van der Waals surface area (Å²) in [6.45, 7) is 4.06. The van der Waals surface area contributed by atoms with E-state index >= 15 is 0 Å². The van der Waals surface area contributed by atoms with Crippen LogP contribution in [0.2, 0.25) is 0 Å². The van der Waals surface area contributed by atoms with Crippen LogP contribution in [0, 0.1) is 24.2 Å². The maximum atomic E-state index is 9.28. The minimum atomic E-state index is 0.0797. The summed E-state index contributed by atoms with van der Waals surface area (Å²) in [5.41, 5.74) is 9.75. The molecule has 2 aromatic heterocycles. The van der Waals surface area contributed by atoms with E-state index in [9.17, 15) is 5.26 Å². The number of aryl methyl sites for hydroxylation is 1. The van der Waals surface area contributed by atoms with Gasteiger partial charge in [0.2, 0.25) is 0 Å². The highest BCUT2D eigenvalue weighted by molar-refractivity contribution is 5.78. The monoisotopic (exact) mass is 350 g/mol. The molecular formula is C20H26N6. The van der Waals surface area contributed by atoms with Gasteiger partial charge in [-0.15, -0.1) is 0 Å². The van der Waals surface area contributed by atoms with Crippen molar-refractivity contribution in [2.24, 2.45) is 5.92 Å². The van der Waals surface area contributed by atoms with Crippen molar-refractivity contribution in [2.75, 3.05) is 5.73 Å². The molecule has 0 aliphatic heterocycles. The summed E-state index contributed by atoms with van der Waals surface area (Å²) in [6.07, 6.45) is 13.8. The van der Waals surface area contributed by atoms with Gasteiger partial charge in [-0.1, -0.05) is 31.9 Å². The number of anilines is 1. The molecule has 6 heteroatoms. The first-order valence-corrected chi connectivity index (χ1v) is 9.35. The molecule has 3 rings (SSSR count). The molecule has 136 valence electrons. The zero-order valence-electron chi connectivity index (χ0n) is 15.5. The van der Waals surface area contributed by atoms with E-state index in [1.165, 1.54) is 12.8 Å². The lowest BCUT2D eigenvalue weighted by Gasteiger charge is -2.21. The Balaban J connectivity index is 2.02. The SMILES string of the molecule is CC/C=C\c1c(C)ncnc1-c1cn(C(CC#N)C2CCCC2)nc1N. The van der Waals surface area contributed by atoms with Gasteiger partial charge in [-0.3, -0.25) is 4.68 Å². The minimum Gasteiger partial charge on any atom is -0.382 e. The maximum absolute atomic E-state index is 9.28. The van der Waals surface area contributed by atoms with Gasteiger partial charge in [0, 0.05) is 17.5 Å². The number of hydrogen-bond acceptors (Lipinski definition) is 5. The van der Waals surface area contributed by atoms with Crippen LogP contribution in [0.1, 0.15) is 62.7 Å². The summed E-state index contributed by atoms with van der Waals surface area (Å²) in [5, 5.41) is 13.8. The Bertz CT molecular complexity index is 823. The van der Waals surface area contributed by atoms with Gasteiger partial charge < -0.3 is 5.73 Å². The Morgan fingerprint density at radius 3 is 2.85 bits per heavy atom.